The minimum absolute atomic E-state index is 0.598. The first-order valence-electron chi connectivity index (χ1n) is 6.18. The van der Waals surface area contributed by atoms with Gasteiger partial charge < -0.3 is 10.5 Å². The van der Waals surface area contributed by atoms with Crippen LogP contribution in [-0.2, 0) is 11.3 Å². The van der Waals surface area contributed by atoms with Crippen LogP contribution in [0.5, 0.6) is 0 Å². The van der Waals surface area contributed by atoms with Gasteiger partial charge in [0.25, 0.3) is 0 Å². The minimum Gasteiger partial charge on any atom is -0.375 e. The number of hydrogen-bond donors (Lipinski definition) is 1. The van der Waals surface area contributed by atoms with E-state index in [9.17, 15) is 0 Å². The van der Waals surface area contributed by atoms with Gasteiger partial charge >= 0.3 is 0 Å². The summed E-state index contributed by atoms with van der Waals surface area (Å²) in [7, 11) is 0. The number of halogens is 1. The Morgan fingerprint density at radius 1 is 1.35 bits per heavy atom. The molecular formula is C13H19BrN2O. The van der Waals surface area contributed by atoms with Crippen LogP contribution in [-0.4, -0.2) is 18.1 Å². The molecule has 2 atom stereocenters. The first-order valence-corrected chi connectivity index (χ1v) is 6.97. The molecule has 0 aliphatic heterocycles. The van der Waals surface area contributed by atoms with Crippen molar-refractivity contribution >= 4 is 15.9 Å². The number of nitrogens with zero attached hydrogens (tertiary/aromatic N) is 1. The Morgan fingerprint density at radius 3 is 2.88 bits per heavy atom. The predicted molar refractivity (Wildman–Crippen MR) is 71.5 cm³/mol. The van der Waals surface area contributed by atoms with Crippen molar-refractivity contribution in [3.63, 3.8) is 0 Å². The summed E-state index contributed by atoms with van der Waals surface area (Å²) in [6.07, 6.45) is 5.63. The van der Waals surface area contributed by atoms with Crippen molar-refractivity contribution in [2.75, 3.05) is 13.2 Å². The summed E-state index contributed by atoms with van der Waals surface area (Å²) >= 11 is 3.37. The van der Waals surface area contributed by atoms with Crippen molar-refractivity contribution in [3.05, 3.63) is 28.5 Å². The second-order valence-electron chi connectivity index (χ2n) is 4.67. The lowest BCUT2D eigenvalue weighted by atomic mass is 9.97. The molecule has 1 aliphatic rings. The van der Waals surface area contributed by atoms with Crippen molar-refractivity contribution in [3.8, 4) is 0 Å². The summed E-state index contributed by atoms with van der Waals surface area (Å²) in [5.41, 5.74) is 6.73. The second kappa shape index (κ2) is 6.47. The fourth-order valence-corrected chi connectivity index (χ4v) is 2.68. The van der Waals surface area contributed by atoms with Gasteiger partial charge in [-0.15, -0.1) is 0 Å². The third kappa shape index (κ3) is 3.76. The molecule has 17 heavy (non-hydrogen) atoms. The van der Waals surface area contributed by atoms with Crippen LogP contribution in [0, 0.1) is 11.8 Å². The predicted octanol–water partition coefficient (Wildman–Crippen LogP) is 2.74. The number of pyridine rings is 1. The zero-order valence-corrected chi connectivity index (χ0v) is 11.5. The first kappa shape index (κ1) is 13.0. The Morgan fingerprint density at radius 2 is 2.18 bits per heavy atom. The third-order valence-corrected chi connectivity index (χ3v) is 3.96. The van der Waals surface area contributed by atoms with E-state index in [0.29, 0.717) is 18.4 Å². The molecule has 0 saturated heterocycles. The van der Waals surface area contributed by atoms with Gasteiger partial charge in [-0.3, -0.25) is 4.98 Å². The van der Waals surface area contributed by atoms with Crippen LogP contribution in [0.1, 0.15) is 25.0 Å². The van der Waals surface area contributed by atoms with E-state index < -0.39 is 0 Å². The summed E-state index contributed by atoms with van der Waals surface area (Å²) < 4.78 is 6.74. The van der Waals surface area contributed by atoms with Crippen LogP contribution in [0.15, 0.2) is 22.8 Å². The summed E-state index contributed by atoms with van der Waals surface area (Å²) in [6, 6.07) is 3.98. The zero-order chi connectivity index (χ0) is 12.1. The molecule has 0 aromatic carbocycles. The van der Waals surface area contributed by atoms with E-state index in [-0.39, 0.29) is 0 Å². The highest BCUT2D eigenvalue weighted by atomic mass is 79.9. The maximum Gasteiger partial charge on any atom is 0.0887 e. The molecule has 0 spiro atoms. The van der Waals surface area contributed by atoms with Gasteiger partial charge in [-0.05, 0) is 59.3 Å². The van der Waals surface area contributed by atoms with Gasteiger partial charge in [-0.25, -0.2) is 0 Å². The molecule has 1 aromatic rings. The molecule has 0 radical (unpaired) electrons. The standard InChI is InChI=1S/C13H19BrN2O/c14-12-4-5-13(16-7-12)9-17-8-11-3-1-2-10(11)6-15/h4-5,7,10-11H,1-3,6,8-9,15H2. The van der Waals surface area contributed by atoms with Gasteiger partial charge in [0, 0.05) is 10.7 Å². The quantitative estimate of drug-likeness (QED) is 0.909. The molecule has 2 N–H and O–H groups in total. The lowest BCUT2D eigenvalue weighted by Crippen LogP contribution is -2.22. The molecule has 2 rings (SSSR count). The van der Waals surface area contributed by atoms with E-state index in [4.69, 9.17) is 10.5 Å². The number of nitrogens with two attached hydrogens (primary N) is 1. The van der Waals surface area contributed by atoms with Gasteiger partial charge in [0.15, 0.2) is 0 Å². The van der Waals surface area contributed by atoms with Crippen LogP contribution in [0.2, 0.25) is 0 Å². The fourth-order valence-electron chi connectivity index (χ4n) is 2.45. The van der Waals surface area contributed by atoms with Gasteiger partial charge in [-0.2, -0.15) is 0 Å². The van der Waals surface area contributed by atoms with E-state index in [2.05, 4.69) is 20.9 Å². The largest absolute Gasteiger partial charge is 0.375 e. The van der Waals surface area contributed by atoms with Crippen LogP contribution >= 0.6 is 15.9 Å². The fraction of sp³-hybridized carbons (Fsp3) is 0.615. The molecular weight excluding hydrogens is 280 g/mol. The highest BCUT2D eigenvalue weighted by molar-refractivity contribution is 9.10. The molecule has 1 aromatic heterocycles. The molecule has 3 nitrogen and oxygen atoms in total. The summed E-state index contributed by atoms with van der Waals surface area (Å²) in [5, 5.41) is 0. The molecule has 0 amide bonds. The highest BCUT2D eigenvalue weighted by Crippen LogP contribution is 2.31. The van der Waals surface area contributed by atoms with Crippen molar-refractivity contribution in [2.45, 2.75) is 25.9 Å². The molecule has 2 unspecified atom stereocenters. The zero-order valence-electron chi connectivity index (χ0n) is 9.94. The van der Waals surface area contributed by atoms with Crippen molar-refractivity contribution in [2.24, 2.45) is 17.6 Å². The van der Waals surface area contributed by atoms with Crippen LogP contribution < -0.4 is 5.73 Å². The summed E-state index contributed by atoms with van der Waals surface area (Å²) in [4.78, 5) is 4.29. The van der Waals surface area contributed by atoms with Crippen LogP contribution in [0.3, 0.4) is 0 Å². The number of aromatic nitrogens is 1. The molecule has 1 aliphatic carbocycles. The molecule has 1 heterocycles. The summed E-state index contributed by atoms with van der Waals surface area (Å²) in [5.74, 6) is 1.31. The van der Waals surface area contributed by atoms with Crippen molar-refractivity contribution < 1.29 is 4.74 Å². The SMILES string of the molecule is NCC1CCCC1COCc1ccc(Br)cn1. The molecule has 1 saturated carbocycles. The number of rotatable bonds is 5. The van der Waals surface area contributed by atoms with E-state index >= 15 is 0 Å². The van der Waals surface area contributed by atoms with Gasteiger partial charge in [0.2, 0.25) is 0 Å². The molecule has 1 fully saturated rings. The summed E-state index contributed by atoms with van der Waals surface area (Å²) in [6.45, 7) is 2.21. The normalized spacial score (nSPS) is 24.1. The molecule has 4 heteroatoms. The topological polar surface area (TPSA) is 48.1 Å². The van der Waals surface area contributed by atoms with E-state index in [0.717, 1.165) is 23.3 Å². The maximum atomic E-state index is 5.75. The van der Waals surface area contributed by atoms with E-state index in [1.165, 1.54) is 19.3 Å². The Hall–Kier alpha value is -0.450. The van der Waals surface area contributed by atoms with Crippen molar-refractivity contribution in [1.29, 1.82) is 0 Å². The van der Waals surface area contributed by atoms with Gasteiger partial charge in [0.1, 0.15) is 0 Å². The van der Waals surface area contributed by atoms with Crippen molar-refractivity contribution in [1.82, 2.24) is 4.98 Å². The lowest BCUT2D eigenvalue weighted by Gasteiger charge is -2.17. The van der Waals surface area contributed by atoms with Crippen LogP contribution in [0.25, 0.3) is 0 Å². The Labute approximate surface area is 111 Å². The van der Waals surface area contributed by atoms with Crippen LogP contribution in [0.4, 0.5) is 0 Å². The Kier molecular flexibility index (Phi) is 4.95. The lowest BCUT2D eigenvalue weighted by molar-refractivity contribution is 0.0734. The monoisotopic (exact) mass is 298 g/mol. The minimum atomic E-state index is 0.598. The smallest absolute Gasteiger partial charge is 0.0887 e. The molecule has 94 valence electrons. The van der Waals surface area contributed by atoms with Gasteiger partial charge in [-0.1, -0.05) is 6.42 Å². The number of hydrogen-bond acceptors (Lipinski definition) is 3. The number of ether oxygens (including phenoxy) is 1. The average Bonchev–Trinajstić information content (AvgIpc) is 2.79. The Balaban J connectivity index is 1.74. The van der Waals surface area contributed by atoms with Gasteiger partial charge in [0.05, 0.1) is 18.9 Å². The third-order valence-electron chi connectivity index (χ3n) is 3.49. The maximum absolute atomic E-state index is 5.75. The first-order chi connectivity index (χ1) is 8.29. The highest BCUT2D eigenvalue weighted by Gasteiger charge is 2.25. The van der Waals surface area contributed by atoms with E-state index in [1.807, 2.05) is 12.1 Å². The average molecular weight is 299 g/mol. The van der Waals surface area contributed by atoms with E-state index in [1.54, 1.807) is 6.20 Å². The second-order valence-corrected chi connectivity index (χ2v) is 5.59. The molecule has 0 bridgehead atoms. The Bertz CT molecular complexity index is 342.